The Labute approximate surface area is 148 Å². The average Bonchev–Trinajstić information content (AvgIpc) is 3.01. The quantitative estimate of drug-likeness (QED) is 0.491. The zero-order valence-electron chi connectivity index (χ0n) is 15.0. The summed E-state index contributed by atoms with van der Waals surface area (Å²) in [6.45, 7) is 8.37. The summed E-state index contributed by atoms with van der Waals surface area (Å²) in [6, 6.07) is 12.9. The summed E-state index contributed by atoms with van der Waals surface area (Å²) < 4.78 is 12.6. The zero-order chi connectivity index (χ0) is 17.4. The molecule has 25 heavy (non-hydrogen) atoms. The molecule has 4 heteroatoms. The van der Waals surface area contributed by atoms with Crippen LogP contribution < -0.4 is 5.46 Å². The zero-order valence-corrected chi connectivity index (χ0v) is 15.0. The van der Waals surface area contributed by atoms with E-state index >= 15 is 0 Å². The number of hydrogen-bond donors (Lipinski definition) is 0. The molecule has 0 radical (unpaired) electrons. The van der Waals surface area contributed by atoms with Crippen LogP contribution in [-0.2, 0) is 9.31 Å². The summed E-state index contributed by atoms with van der Waals surface area (Å²) in [5.41, 5.74) is 5.38. The third kappa shape index (κ3) is 1.92. The van der Waals surface area contributed by atoms with E-state index in [0.29, 0.717) is 0 Å². The first kappa shape index (κ1) is 15.1. The van der Waals surface area contributed by atoms with Crippen molar-refractivity contribution in [3.8, 4) is 22.3 Å². The topological polar surface area (TPSA) is 31.4 Å². The minimum atomic E-state index is -0.351. The largest absolute Gasteiger partial charge is 0.495 e. The summed E-state index contributed by atoms with van der Waals surface area (Å²) in [7, 11) is -0.351. The molecule has 2 aromatic carbocycles. The van der Waals surface area contributed by atoms with Crippen LogP contribution in [-0.4, -0.2) is 23.3 Å². The highest BCUT2D eigenvalue weighted by atomic mass is 16.7. The Hall–Kier alpha value is -2.17. The number of rotatable bonds is 1. The van der Waals surface area contributed by atoms with Gasteiger partial charge in [-0.1, -0.05) is 30.3 Å². The van der Waals surface area contributed by atoms with Gasteiger partial charge in [0.15, 0.2) is 0 Å². The molecule has 0 spiro atoms. The predicted molar refractivity (Wildman–Crippen MR) is 102 cm³/mol. The minimum absolute atomic E-state index is 0.340. The van der Waals surface area contributed by atoms with Gasteiger partial charge in [-0.05, 0) is 66.7 Å². The molecule has 124 valence electrons. The molecule has 1 fully saturated rings. The lowest BCUT2D eigenvalue weighted by molar-refractivity contribution is 0.00578. The molecule has 3 aromatic rings. The highest BCUT2D eigenvalue weighted by molar-refractivity contribution is 6.65. The SMILES string of the molecule is CC1(C)OB(c2ccc3c4c(cccc24)-c2cnccc2-3)OC1(C)C. The van der Waals surface area contributed by atoms with Gasteiger partial charge in [-0.2, -0.15) is 0 Å². The van der Waals surface area contributed by atoms with E-state index in [0.717, 1.165) is 5.46 Å². The van der Waals surface area contributed by atoms with E-state index in [2.05, 4.69) is 69.1 Å². The molecule has 1 aromatic heterocycles. The molecule has 0 amide bonds. The van der Waals surface area contributed by atoms with Gasteiger partial charge in [0.25, 0.3) is 0 Å². The normalized spacial score (nSPS) is 19.4. The van der Waals surface area contributed by atoms with Gasteiger partial charge in [-0.25, -0.2) is 0 Å². The van der Waals surface area contributed by atoms with Gasteiger partial charge in [0.2, 0.25) is 0 Å². The van der Waals surface area contributed by atoms with Crippen LogP contribution in [0.15, 0.2) is 48.8 Å². The molecule has 1 aliphatic carbocycles. The van der Waals surface area contributed by atoms with Gasteiger partial charge in [-0.3, -0.25) is 4.98 Å². The Bertz CT molecular complexity index is 980. The molecule has 1 saturated heterocycles. The van der Waals surface area contributed by atoms with Crippen LogP contribution in [0.4, 0.5) is 0 Å². The third-order valence-corrected chi connectivity index (χ3v) is 5.98. The van der Waals surface area contributed by atoms with Crippen molar-refractivity contribution >= 4 is 23.4 Å². The van der Waals surface area contributed by atoms with E-state index in [-0.39, 0.29) is 18.3 Å². The van der Waals surface area contributed by atoms with Crippen LogP contribution in [0.2, 0.25) is 0 Å². The summed E-state index contributed by atoms with van der Waals surface area (Å²) in [4.78, 5) is 4.31. The van der Waals surface area contributed by atoms with Crippen molar-refractivity contribution in [1.29, 1.82) is 0 Å². The Morgan fingerprint density at radius 3 is 2.28 bits per heavy atom. The Morgan fingerprint density at radius 2 is 1.52 bits per heavy atom. The van der Waals surface area contributed by atoms with E-state index in [9.17, 15) is 0 Å². The Kier molecular flexibility index (Phi) is 2.85. The summed E-state index contributed by atoms with van der Waals surface area (Å²) in [6.07, 6.45) is 3.82. The molecule has 0 N–H and O–H groups in total. The molecule has 0 unspecified atom stereocenters. The van der Waals surface area contributed by atoms with Crippen molar-refractivity contribution in [2.75, 3.05) is 0 Å². The molecule has 5 rings (SSSR count). The standard InChI is InChI=1S/C21H20BNO2/c1-20(2)21(3,4)25-22(24-20)18-9-8-15-13-10-11-23-12-17(13)14-6-5-7-16(18)19(14)15/h5-12H,1-4H3. The van der Waals surface area contributed by atoms with Crippen LogP contribution >= 0.6 is 0 Å². The molecule has 1 aliphatic heterocycles. The first-order valence-electron chi connectivity index (χ1n) is 8.75. The van der Waals surface area contributed by atoms with Gasteiger partial charge in [0.05, 0.1) is 11.2 Å². The highest BCUT2D eigenvalue weighted by Gasteiger charge is 2.52. The maximum atomic E-state index is 6.30. The van der Waals surface area contributed by atoms with Gasteiger partial charge >= 0.3 is 7.12 Å². The molecular formula is C21H20BNO2. The second kappa shape index (κ2) is 4.72. The summed E-state index contributed by atoms with van der Waals surface area (Å²) >= 11 is 0. The van der Waals surface area contributed by atoms with Crippen molar-refractivity contribution < 1.29 is 9.31 Å². The second-order valence-electron chi connectivity index (χ2n) is 7.94. The fourth-order valence-corrected chi connectivity index (χ4v) is 3.90. The molecule has 2 heterocycles. The summed E-state index contributed by atoms with van der Waals surface area (Å²) in [5.74, 6) is 0. The van der Waals surface area contributed by atoms with Gasteiger partial charge < -0.3 is 9.31 Å². The Balaban J connectivity index is 1.73. The molecule has 0 bridgehead atoms. The monoisotopic (exact) mass is 329 g/mol. The number of nitrogens with zero attached hydrogens (tertiary/aromatic N) is 1. The number of fused-ring (bicyclic) bond motifs is 3. The summed E-state index contributed by atoms with van der Waals surface area (Å²) in [5, 5.41) is 2.47. The van der Waals surface area contributed by atoms with Crippen LogP contribution in [0.5, 0.6) is 0 Å². The van der Waals surface area contributed by atoms with Crippen molar-refractivity contribution in [2.45, 2.75) is 38.9 Å². The van der Waals surface area contributed by atoms with Crippen molar-refractivity contribution in [3.63, 3.8) is 0 Å². The number of pyridine rings is 1. The van der Waals surface area contributed by atoms with E-state index in [4.69, 9.17) is 9.31 Å². The number of hydrogen-bond acceptors (Lipinski definition) is 3. The molecule has 2 aliphatic rings. The molecular weight excluding hydrogens is 309 g/mol. The molecule has 0 saturated carbocycles. The molecule has 0 atom stereocenters. The van der Waals surface area contributed by atoms with Gasteiger partial charge in [-0.15, -0.1) is 0 Å². The third-order valence-electron chi connectivity index (χ3n) is 5.98. The van der Waals surface area contributed by atoms with E-state index in [1.54, 1.807) is 0 Å². The molecule has 3 nitrogen and oxygen atoms in total. The van der Waals surface area contributed by atoms with Gasteiger partial charge in [0, 0.05) is 18.0 Å². The smallest absolute Gasteiger partial charge is 0.399 e. The van der Waals surface area contributed by atoms with Gasteiger partial charge in [0.1, 0.15) is 0 Å². The van der Waals surface area contributed by atoms with Crippen molar-refractivity contribution in [1.82, 2.24) is 4.98 Å². The van der Waals surface area contributed by atoms with E-state index in [1.165, 1.54) is 33.0 Å². The minimum Gasteiger partial charge on any atom is -0.399 e. The van der Waals surface area contributed by atoms with Crippen LogP contribution in [0, 0.1) is 0 Å². The lowest BCUT2D eigenvalue weighted by atomic mass is 9.75. The fourth-order valence-electron chi connectivity index (χ4n) is 3.90. The maximum Gasteiger partial charge on any atom is 0.495 e. The second-order valence-corrected chi connectivity index (χ2v) is 7.94. The lowest BCUT2D eigenvalue weighted by Gasteiger charge is -2.32. The average molecular weight is 329 g/mol. The first-order valence-corrected chi connectivity index (χ1v) is 8.75. The van der Waals surface area contributed by atoms with Crippen LogP contribution in [0.3, 0.4) is 0 Å². The predicted octanol–water partition coefficient (Wildman–Crippen LogP) is 4.18. The van der Waals surface area contributed by atoms with E-state index in [1.807, 2.05) is 12.4 Å². The van der Waals surface area contributed by atoms with Crippen LogP contribution in [0.25, 0.3) is 33.0 Å². The number of benzene rings is 2. The van der Waals surface area contributed by atoms with Crippen LogP contribution in [0.1, 0.15) is 27.7 Å². The lowest BCUT2D eigenvalue weighted by Crippen LogP contribution is -2.41. The maximum absolute atomic E-state index is 6.30. The Morgan fingerprint density at radius 1 is 0.800 bits per heavy atom. The highest BCUT2D eigenvalue weighted by Crippen LogP contribution is 2.46. The number of aromatic nitrogens is 1. The van der Waals surface area contributed by atoms with E-state index < -0.39 is 0 Å². The van der Waals surface area contributed by atoms with Crippen molar-refractivity contribution in [3.05, 3.63) is 48.8 Å². The first-order chi connectivity index (χ1) is 11.9. The van der Waals surface area contributed by atoms with Crippen molar-refractivity contribution in [2.24, 2.45) is 0 Å². The fraction of sp³-hybridized carbons (Fsp3) is 0.286.